The molecule has 19 heavy (non-hydrogen) atoms. The van der Waals surface area contributed by atoms with Crippen LogP contribution in [0.3, 0.4) is 0 Å². The second-order valence-corrected chi connectivity index (χ2v) is 4.84. The SMILES string of the molecule is COC(=O)/C(=C/C(=O)c1ccc(Br)cc1)NN(C)C. The Balaban J connectivity index is 2.97. The first-order chi connectivity index (χ1) is 8.93. The molecule has 0 aliphatic rings. The Morgan fingerprint density at radius 2 is 1.84 bits per heavy atom. The largest absolute Gasteiger partial charge is 0.464 e. The molecule has 5 nitrogen and oxygen atoms in total. The van der Waals surface area contributed by atoms with Crippen LogP contribution in [0.4, 0.5) is 0 Å². The van der Waals surface area contributed by atoms with Crippen LogP contribution in [-0.2, 0) is 9.53 Å². The van der Waals surface area contributed by atoms with Crippen LogP contribution in [0.2, 0.25) is 0 Å². The molecule has 6 heteroatoms. The lowest BCUT2D eigenvalue weighted by Gasteiger charge is -2.14. The number of nitrogens with zero attached hydrogens (tertiary/aromatic N) is 1. The summed E-state index contributed by atoms with van der Waals surface area (Å²) in [5.74, 6) is -0.874. The zero-order valence-corrected chi connectivity index (χ0v) is 12.5. The minimum Gasteiger partial charge on any atom is -0.464 e. The van der Waals surface area contributed by atoms with Crippen molar-refractivity contribution in [3.05, 3.63) is 46.1 Å². The number of allylic oxidation sites excluding steroid dienone is 1. The number of nitrogens with one attached hydrogen (secondary N) is 1. The van der Waals surface area contributed by atoms with Crippen LogP contribution in [-0.4, -0.2) is 38.0 Å². The first kappa shape index (κ1) is 15.4. The summed E-state index contributed by atoms with van der Waals surface area (Å²) >= 11 is 3.29. The number of ketones is 1. The number of carbonyl (C=O) groups is 2. The van der Waals surface area contributed by atoms with Crippen LogP contribution in [0.1, 0.15) is 10.4 Å². The summed E-state index contributed by atoms with van der Waals surface area (Å²) in [6.07, 6.45) is 1.22. The molecule has 0 bridgehead atoms. The number of rotatable bonds is 5. The van der Waals surface area contributed by atoms with Gasteiger partial charge in [0.1, 0.15) is 5.70 Å². The van der Waals surface area contributed by atoms with E-state index in [4.69, 9.17) is 0 Å². The Bertz CT molecular complexity index is 495. The van der Waals surface area contributed by atoms with Crippen molar-refractivity contribution in [1.82, 2.24) is 10.4 Å². The van der Waals surface area contributed by atoms with Gasteiger partial charge in [0.2, 0.25) is 0 Å². The highest BCUT2D eigenvalue weighted by Gasteiger charge is 2.13. The fourth-order valence-electron chi connectivity index (χ4n) is 1.32. The van der Waals surface area contributed by atoms with Crippen molar-refractivity contribution < 1.29 is 14.3 Å². The van der Waals surface area contributed by atoms with Gasteiger partial charge < -0.3 is 10.2 Å². The van der Waals surface area contributed by atoms with Crippen molar-refractivity contribution in [2.45, 2.75) is 0 Å². The van der Waals surface area contributed by atoms with Crippen LogP contribution >= 0.6 is 15.9 Å². The van der Waals surface area contributed by atoms with E-state index in [1.54, 1.807) is 43.4 Å². The molecule has 1 N–H and O–H groups in total. The summed E-state index contributed by atoms with van der Waals surface area (Å²) in [6.45, 7) is 0. The van der Waals surface area contributed by atoms with E-state index < -0.39 is 5.97 Å². The van der Waals surface area contributed by atoms with E-state index in [0.717, 1.165) is 4.47 Å². The summed E-state index contributed by atoms with van der Waals surface area (Å²) in [5, 5.41) is 1.55. The van der Waals surface area contributed by atoms with E-state index in [0.29, 0.717) is 5.56 Å². The summed E-state index contributed by atoms with van der Waals surface area (Å²) in [5.41, 5.74) is 3.31. The maximum atomic E-state index is 12.0. The predicted octanol–water partition coefficient (Wildman–Crippen LogP) is 1.75. The third kappa shape index (κ3) is 4.84. The molecule has 0 amide bonds. The number of hydrogen-bond donors (Lipinski definition) is 1. The number of ether oxygens (including phenoxy) is 1. The van der Waals surface area contributed by atoms with Gasteiger partial charge >= 0.3 is 5.97 Å². The normalized spacial score (nSPS) is 11.3. The van der Waals surface area contributed by atoms with Crippen molar-refractivity contribution >= 4 is 27.7 Å². The highest BCUT2D eigenvalue weighted by atomic mass is 79.9. The van der Waals surface area contributed by atoms with Crippen LogP contribution in [0.25, 0.3) is 0 Å². The molecule has 0 atom stereocenters. The molecule has 102 valence electrons. The molecule has 0 spiro atoms. The molecular weight excluding hydrogens is 312 g/mol. The molecule has 0 saturated heterocycles. The van der Waals surface area contributed by atoms with E-state index in [2.05, 4.69) is 26.1 Å². The molecule has 0 aliphatic carbocycles. The third-order valence-corrected chi connectivity index (χ3v) is 2.68. The van der Waals surface area contributed by atoms with Gasteiger partial charge in [-0.3, -0.25) is 4.79 Å². The lowest BCUT2D eigenvalue weighted by atomic mass is 10.1. The van der Waals surface area contributed by atoms with Gasteiger partial charge in [-0.1, -0.05) is 15.9 Å². The van der Waals surface area contributed by atoms with Crippen LogP contribution in [0.15, 0.2) is 40.5 Å². The second kappa shape index (κ2) is 7.06. The molecule has 0 fully saturated rings. The molecule has 1 aromatic rings. The molecule has 0 unspecified atom stereocenters. The highest BCUT2D eigenvalue weighted by Crippen LogP contribution is 2.11. The number of carbonyl (C=O) groups excluding carboxylic acids is 2. The molecule has 1 aromatic carbocycles. The molecular formula is C13H15BrN2O3. The first-order valence-electron chi connectivity index (χ1n) is 5.48. The Hall–Kier alpha value is -1.66. The minimum atomic E-state index is -0.598. The monoisotopic (exact) mass is 326 g/mol. The minimum absolute atomic E-state index is 0.0837. The average Bonchev–Trinajstić information content (AvgIpc) is 2.37. The smallest absolute Gasteiger partial charge is 0.355 e. The zero-order valence-electron chi connectivity index (χ0n) is 10.9. The van der Waals surface area contributed by atoms with Gasteiger partial charge in [0, 0.05) is 30.2 Å². The molecule has 0 saturated carbocycles. The Labute approximate surface area is 120 Å². The average molecular weight is 327 g/mol. The Kier molecular flexibility index (Phi) is 5.72. The molecule has 0 heterocycles. The molecule has 1 rings (SSSR count). The van der Waals surface area contributed by atoms with E-state index >= 15 is 0 Å². The van der Waals surface area contributed by atoms with Crippen molar-refractivity contribution in [2.75, 3.05) is 21.2 Å². The number of benzene rings is 1. The first-order valence-corrected chi connectivity index (χ1v) is 6.27. The fourth-order valence-corrected chi connectivity index (χ4v) is 1.58. The van der Waals surface area contributed by atoms with Gasteiger partial charge in [0.15, 0.2) is 5.78 Å². The van der Waals surface area contributed by atoms with Gasteiger partial charge in [0.25, 0.3) is 0 Å². The quantitative estimate of drug-likeness (QED) is 0.386. The maximum Gasteiger partial charge on any atom is 0.355 e. The van der Waals surface area contributed by atoms with Gasteiger partial charge in [-0.2, -0.15) is 0 Å². The van der Waals surface area contributed by atoms with Crippen molar-refractivity contribution in [3.8, 4) is 0 Å². The third-order valence-electron chi connectivity index (χ3n) is 2.15. The van der Waals surface area contributed by atoms with E-state index in [9.17, 15) is 9.59 Å². The van der Waals surface area contributed by atoms with Crippen LogP contribution in [0.5, 0.6) is 0 Å². The van der Waals surface area contributed by atoms with Crippen molar-refractivity contribution in [1.29, 1.82) is 0 Å². The lowest BCUT2D eigenvalue weighted by Crippen LogP contribution is -2.34. The Morgan fingerprint density at radius 3 is 2.32 bits per heavy atom. The standard InChI is InChI=1S/C13H15BrN2O3/c1-16(2)15-11(13(18)19-3)8-12(17)9-4-6-10(14)7-5-9/h4-8,15H,1-3H3/b11-8-. The molecule has 0 aliphatic heterocycles. The maximum absolute atomic E-state index is 12.0. The highest BCUT2D eigenvalue weighted by molar-refractivity contribution is 9.10. The summed E-state index contributed by atoms with van der Waals surface area (Å²) in [6, 6.07) is 6.87. The van der Waals surface area contributed by atoms with Crippen LogP contribution < -0.4 is 5.43 Å². The summed E-state index contributed by atoms with van der Waals surface area (Å²) < 4.78 is 5.50. The lowest BCUT2D eigenvalue weighted by molar-refractivity contribution is -0.137. The Morgan fingerprint density at radius 1 is 1.26 bits per heavy atom. The second-order valence-electron chi connectivity index (χ2n) is 3.93. The number of hydrazine groups is 1. The molecule has 0 radical (unpaired) electrons. The zero-order chi connectivity index (χ0) is 14.4. The van der Waals surface area contributed by atoms with Gasteiger partial charge in [-0.05, 0) is 24.3 Å². The van der Waals surface area contributed by atoms with Gasteiger partial charge in [0.05, 0.1) is 7.11 Å². The van der Waals surface area contributed by atoms with Crippen molar-refractivity contribution in [3.63, 3.8) is 0 Å². The van der Waals surface area contributed by atoms with E-state index in [1.807, 2.05) is 0 Å². The summed E-state index contributed by atoms with van der Waals surface area (Å²) in [4.78, 5) is 23.5. The fraction of sp³-hybridized carbons (Fsp3) is 0.231. The number of methoxy groups -OCH3 is 1. The van der Waals surface area contributed by atoms with Crippen LogP contribution in [0, 0.1) is 0 Å². The number of halogens is 1. The number of hydrogen-bond acceptors (Lipinski definition) is 5. The topological polar surface area (TPSA) is 58.6 Å². The van der Waals surface area contributed by atoms with Gasteiger partial charge in [-0.25, -0.2) is 9.80 Å². The molecule has 0 aromatic heterocycles. The van der Waals surface area contributed by atoms with Gasteiger partial charge in [-0.15, -0.1) is 0 Å². The summed E-state index contributed by atoms with van der Waals surface area (Å²) in [7, 11) is 4.68. The predicted molar refractivity (Wildman–Crippen MR) is 75.4 cm³/mol. The van der Waals surface area contributed by atoms with E-state index in [1.165, 1.54) is 13.2 Å². The number of esters is 1. The van der Waals surface area contributed by atoms with Crippen molar-refractivity contribution in [2.24, 2.45) is 0 Å². The van der Waals surface area contributed by atoms with E-state index in [-0.39, 0.29) is 11.5 Å².